The molecule has 0 spiro atoms. The zero-order valence-electron chi connectivity index (χ0n) is 11.1. The summed E-state index contributed by atoms with van der Waals surface area (Å²) in [7, 11) is 0. The molecule has 5 heteroatoms. The first-order chi connectivity index (χ1) is 8.63. The molecule has 5 nitrogen and oxygen atoms in total. The van der Waals surface area contributed by atoms with Crippen LogP contribution in [-0.4, -0.2) is 36.3 Å². The highest BCUT2D eigenvalue weighted by atomic mass is 16.5. The second kappa shape index (κ2) is 8.11. The van der Waals surface area contributed by atoms with E-state index >= 15 is 0 Å². The highest BCUT2D eigenvalue weighted by Crippen LogP contribution is 2.17. The molecule has 1 rings (SSSR count). The number of aliphatic hydroxyl groups excluding tert-OH is 1. The van der Waals surface area contributed by atoms with E-state index in [2.05, 4.69) is 5.32 Å². The van der Waals surface area contributed by atoms with Gasteiger partial charge in [-0.2, -0.15) is 0 Å². The summed E-state index contributed by atoms with van der Waals surface area (Å²) < 4.78 is 5.20. The van der Waals surface area contributed by atoms with E-state index in [9.17, 15) is 0 Å². The fourth-order valence-corrected chi connectivity index (χ4v) is 1.95. The van der Waals surface area contributed by atoms with Crippen LogP contribution in [0.1, 0.15) is 39.0 Å². The molecule has 1 aliphatic carbocycles. The molecule has 0 aromatic rings. The Hall–Kier alpha value is -1.07. The lowest BCUT2D eigenvalue weighted by Crippen LogP contribution is -2.35. The molecule has 18 heavy (non-hydrogen) atoms. The Morgan fingerprint density at radius 1 is 1.44 bits per heavy atom. The first-order valence-electron chi connectivity index (χ1n) is 6.64. The molecule has 0 bridgehead atoms. The van der Waals surface area contributed by atoms with Crippen LogP contribution >= 0.6 is 0 Å². The lowest BCUT2D eigenvalue weighted by atomic mass is 9.92. The Kier molecular flexibility index (Phi) is 6.75. The molecule has 0 saturated heterocycles. The van der Waals surface area contributed by atoms with Crippen molar-refractivity contribution in [3.63, 3.8) is 0 Å². The normalized spacial score (nSPS) is 24.7. The van der Waals surface area contributed by atoms with Gasteiger partial charge in [0.05, 0.1) is 6.61 Å². The van der Waals surface area contributed by atoms with Crippen LogP contribution in [0, 0.1) is 5.41 Å². The number of aliphatic hydroxyl groups is 1. The number of rotatable bonds is 6. The van der Waals surface area contributed by atoms with Crippen molar-refractivity contribution < 1.29 is 9.84 Å². The maximum Gasteiger partial charge on any atom is 0.210 e. The van der Waals surface area contributed by atoms with Gasteiger partial charge in [0, 0.05) is 36.9 Å². The summed E-state index contributed by atoms with van der Waals surface area (Å²) in [6.45, 7) is 2.33. The Labute approximate surface area is 109 Å². The second-order valence-electron chi connectivity index (χ2n) is 4.86. The second-order valence-corrected chi connectivity index (χ2v) is 4.86. The van der Waals surface area contributed by atoms with Crippen molar-refractivity contribution in [1.82, 2.24) is 5.32 Å². The molecule has 104 valence electrons. The summed E-state index contributed by atoms with van der Waals surface area (Å²) in [5.74, 6) is 0.170. The topological polar surface area (TPSA) is 91.4 Å². The van der Waals surface area contributed by atoms with Crippen LogP contribution in [0.3, 0.4) is 0 Å². The zero-order chi connectivity index (χ0) is 13.4. The van der Waals surface area contributed by atoms with Crippen LogP contribution < -0.4 is 11.1 Å². The average molecular weight is 255 g/mol. The number of ether oxygens (including phenoxy) is 1. The molecule has 0 radical (unpaired) electrons. The molecule has 0 aromatic carbocycles. The van der Waals surface area contributed by atoms with E-state index in [1.54, 1.807) is 0 Å². The Morgan fingerprint density at radius 2 is 2.11 bits per heavy atom. The summed E-state index contributed by atoms with van der Waals surface area (Å²) in [4.78, 5) is 0. The zero-order valence-corrected chi connectivity index (χ0v) is 11.1. The largest absolute Gasteiger partial charge is 0.478 e. The van der Waals surface area contributed by atoms with E-state index in [1.165, 1.54) is 0 Å². The van der Waals surface area contributed by atoms with Gasteiger partial charge in [-0.05, 0) is 32.6 Å². The smallest absolute Gasteiger partial charge is 0.210 e. The number of nitrogens with one attached hydrogen (secondary N) is 2. The number of hydrogen-bond donors (Lipinski definition) is 4. The van der Waals surface area contributed by atoms with Crippen molar-refractivity contribution in [2.75, 3.05) is 13.2 Å². The van der Waals surface area contributed by atoms with Gasteiger partial charge in [-0.25, -0.2) is 0 Å². The third-order valence-corrected chi connectivity index (χ3v) is 3.21. The number of nitrogens with two attached hydrogens (primary N) is 1. The summed E-state index contributed by atoms with van der Waals surface area (Å²) in [5.41, 5.74) is 6.63. The molecule has 1 saturated carbocycles. The minimum Gasteiger partial charge on any atom is -0.478 e. The van der Waals surface area contributed by atoms with Crippen LogP contribution in [0.2, 0.25) is 0 Å². The van der Waals surface area contributed by atoms with Crippen LogP contribution in [0.15, 0.2) is 11.8 Å². The standard InChI is InChI=1S/C13H25N3O2/c1-10(13(15)18-8-2-7-17)9-16-12-5-3-11(14)4-6-12/h9,11-12,15-17H,2-8,14H2,1H3/b10-9-,15-13?/t11-,12-. The molecule has 5 N–H and O–H groups in total. The number of hydrogen-bond acceptors (Lipinski definition) is 5. The van der Waals surface area contributed by atoms with E-state index in [0.29, 0.717) is 25.1 Å². The molecular formula is C13H25N3O2. The first-order valence-corrected chi connectivity index (χ1v) is 6.64. The molecule has 1 fully saturated rings. The van der Waals surface area contributed by atoms with Crippen LogP contribution in [0.5, 0.6) is 0 Å². The third-order valence-electron chi connectivity index (χ3n) is 3.21. The van der Waals surface area contributed by atoms with Crippen LogP contribution in [0.4, 0.5) is 0 Å². The van der Waals surface area contributed by atoms with Gasteiger partial charge in [-0.15, -0.1) is 0 Å². The van der Waals surface area contributed by atoms with Crippen molar-refractivity contribution in [2.45, 2.75) is 51.1 Å². The van der Waals surface area contributed by atoms with Crippen LogP contribution in [0.25, 0.3) is 0 Å². The summed E-state index contributed by atoms with van der Waals surface area (Å²) in [6.07, 6.45) is 6.71. The van der Waals surface area contributed by atoms with Crippen molar-refractivity contribution in [3.05, 3.63) is 11.8 Å². The van der Waals surface area contributed by atoms with Crippen molar-refractivity contribution in [1.29, 1.82) is 5.41 Å². The fourth-order valence-electron chi connectivity index (χ4n) is 1.95. The van der Waals surface area contributed by atoms with Gasteiger partial charge in [-0.1, -0.05) is 0 Å². The predicted molar refractivity (Wildman–Crippen MR) is 72.5 cm³/mol. The van der Waals surface area contributed by atoms with Crippen molar-refractivity contribution in [2.24, 2.45) is 5.73 Å². The molecule has 1 aliphatic rings. The lowest BCUT2D eigenvalue weighted by molar-refractivity contribution is 0.226. The highest BCUT2D eigenvalue weighted by Gasteiger charge is 2.17. The van der Waals surface area contributed by atoms with Gasteiger partial charge in [0.1, 0.15) is 0 Å². The van der Waals surface area contributed by atoms with E-state index < -0.39 is 0 Å². The quantitative estimate of drug-likeness (QED) is 0.325. The SMILES string of the molecule is C/C(=C/N[C@H]1CC[C@H](N)CC1)C(=N)OCCCO. The molecule has 0 amide bonds. The minimum absolute atomic E-state index is 0.0939. The monoisotopic (exact) mass is 255 g/mol. The molecule has 0 heterocycles. The Bertz CT molecular complexity index is 284. The average Bonchev–Trinajstić information content (AvgIpc) is 2.38. The fraction of sp³-hybridized carbons (Fsp3) is 0.769. The van der Waals surface area contributed by atoms with Gasteiger partial charge in [0.2, 0.25) is 5.90 Å². The van der Waals surface area contributed by atoms with Gasteiger partial charge in [0.25, 0.3) is 0 Å². The molecule has 0 aliphatic heterocycles. The third kappa shape index (κ3) is 5.51. The van der Waals surface area contributed by atoms with E-state index in [-0.39, 0.29) is 12.5 Å². The van der Waals surface area contributed by atoms with E-state index in [0.717, 1.165) is 31.3 Å². The maximum atomic E-state index is 8.63. The summed E-state index contributed by atoms with van der Waals surface area (Å²) in [5, 5.41) is 19.6. The molecule has 0 atom stereocenters. The van der Waals surface area contributed by atoms with Crippen molar-refractivity contribution >= 4 is 5.90 Å². The first kappa shape index (κ1) is 15.0. The van der Waals surface area contributed by atoms with Gasteiger partial charge >= 0.3 is 0 Å². The van der Waals surface area contributed by atoms with E-state index in [4.69, 9.17) is 21.0 Å². The molecule has 0 unspecified atom stereocenters. The van der Waals surface area contributed by atoms with Crippen molar-refractivity contribution in [3.8, 4) is 0 Å². The van der Waals surface area contributed by atoms with Gasteiger partial charge in [-0.3, -0.25) is 5.41 Å². The Morgan fingerprint density at radius 3 is 2.72 bits per heavy atom. The maximum absolute atomic E-state index is 8.63. The summed E-state index contributed by atoms with van der Waals surface area (Å²) in [6, 6.07) is 0.818. The molecular weight excluding hydrogens is 230 g/mol. The minimum atomic E-state index is 0.0939. The van der Waals surface area contributed by atoms with Gasteiger partial charge < -0.3 is 20.9 Å². The molecule has 0 aromatic heterocycles. The predicted octanol–water partition coefficient (Wildman–Crippen LogP) is 1.13. The summed E-state index contributed by atoms with van der Waals surface area (Å²) >= 11 is 0. The Balaban J connectivity index is 2.25. The van der Waals surface area contributed by atoms with E-state index in [1.807, 2.05) is 13.1 Å². The van der Waals surface area contributed by atoms with Crippen LogP contribution in [-0.2, 0) is 4.74 Å². The highest BCUT2D eigenvalue weighted by molar-refractivity contribution is 5.90. The lowest BCUT2D eigenvalue weighted by Gasteiger charge is -2.26. The van der Waals surface area contributed by atoms with Gasteiger partial charge in [0.15, 0.2) is 0 Å².